The summed E-state index contributed by atoms with van der Waals surface area (Å²) < 4.78 is 33.8. The van der Waals surface area contributed by atoms with Crippen LogP contribution in [0, 0.1) is 0 Å². The molecule has 1 aromatic heterocycles. The lowest BCUT2D eigenvalue weighted by molar-refractivity contribution is 0.315. The van der Waals surface area contributed by atoms with Crippen molar-refractivity contribution in [2.75, 3.05) is 67.1 Å². The average molecular weight is 505 g/mol. The van der Waals surface area contributed by atoms with Gasteiger partial charge in [0, 0.05) is 63.7 Å². The highest BCUT2D eigenvalue weighted by atomic mass is 32.2. The number of fused-ring (bicyclic) bond motifs is 1. The van der Waals surface area contributed by atoms with E-state index in [9.17, 15) is 8.42 Å². The van der Waals surface area contributed by atoms with Gasteiger partial charge >= 0.3 is 0 Å². The number of hydrogen-bond donors (Lipinski definition) is 0. The third-order valence-electron chi connectivity index (χ3n) is 7.08. The summed E-state index contributed by atoms with van der Waals surface area (Å²) in [7, 11) is -3.74. The minimum absolute atomic E-state index is 0.151. The van der Waals surface area contributed by atoms with Crippen molar-refractivity contribution < 1.29 is 13.0 Å². The molecule has 0 spiro atoms. The fraction of sp³-hybridized carbons (Fsp3) is 0.308. The zero-order valence-corrected chi connectivity index (χ0v) is 20.7. The molecule has 10 heteroatoms. The van der Waals surface area contributed by atoms with Crippen molar-refractivity contribution in [2.24, 2.45) is 0 Å². The van der Waals surface area contributed by atoms with Crippen LogP contribution in [0.3, 0.4) is 0 Å². The first-order valence-corrected chi connectivity index (χ1v) is 13.7. The van der Waals surface area contributed by atoms with Crippen LogP contribution in [0.25, 0.3) is 11.0 Å². The van der Waals surface area contributed by atoms with E-state index in [1.165, 1.54) is 9.99 Å². The van der Waals surface area contributed by atoms with Crippen molar-refractivity contribution >= 4 is 38.1 Å². The monoisotopic (exact) mass is 504 g/mol. The normalized spacial score (nSPS) is 17.6. The molecule has 0 atom stereocenters. The van der Waals surface area contributed by atoms with E-state index in [2.05, 4.69) is 37.1 Å². The first kappa shape index (κ1) is 22.8. The third-order valence-corrected chi connectivity index (χ3v) is 9.01. The molecule has 3 heterocycles. The molecule has 2 aliphatic rings. The number of sulfonamides is 1. The minimum Gasteiger partial charge on any atom is -0.369 e. The second-order valence-corrected chi connectivity index (χ2v) is 11.0. The summed E-state index contributed by atoms with van der Waals surface area (Å²) in [4.78, 5) is 6.93. The van der Waals surface area contributed by atoms with Gasteiger partial charge in [-0.3, -0.25) is 0 Å². The van der Waals surface area contributed by atoms with Gasteiger partial charge < -0.3 is 14.7 Å². The molecule has 0 amide bonds. The van der Waals surface area contributed by atoms with Crippen LogP contribution in [0.15, 0.2) is 82.3 Å². The predicted molar refractivity (Wildman–Crippen MR) is 140 cm³/mol. The van der Waals surface area contributed by atoms with Gasteiger partial charge in [-0.25, -0.2) is 13.0 Å². The number of benzene rings is 3. The number of nitrogens with zero attached hydrogens (tertiary/aromatic N) is 6. The van der Waals surface area contributed by atoms with Gasteiger partial charge in [-0.15, -0.1) is 0 Å². The molecule has 0 saturated carbocycles. The molecule has 186 valence electrons. The smallest absolute Gasteiger partial charge is 0.245 e. The van der Waals surface area contributed by atoms with Crippen LogP contribution >= 0.6 is 0 Å². The fourth-order valence-corrected chi connectivity index (χ4v) is 6.64. The first-order chi connectivity index (χ1) is 17.6. The SMILES string of the molecule is O=S(=O)(c1ccc(N2CCN(c3ccccc3)CC2)c2nonc12)N1CCN(c2ccccc2)CC1. The van der Waals surface area contributed by atoms with Gasteiger partial charge in [0.2, 0.25) is 10.0 Å². The van der Waals surface area contributed by atoms with Crippen molar-refractivity contribution in [3.05, 3.63) is 72.8 Å². The van der Waals surface area contributed by atoms with E-state index < -0.39 is 10.0 Å². The summed E-state index contributed by atoms with van der Waals surface area (Å²) in [6, 6.07) is 23.9. The number of rotatable bonds is 5. The van der Waals surface area contributed by atoms with Crippen LogP contribution in [0.5, 0.6) is 0 Å². The van der Waals surface area contributed by atoms with Gasteiger partial charge in [0.1, 0.15) is 4.90 Å². The van der Waals surface area contributed by atoms with Gasteiger partial charge in [0.15, 0.2) is 11.0 Å². The Labute approximate surface area is 210 Å². The van der Waals surface area contributed by atoms with Crippen molar-refractivity contribution in [3.8, 4) is 0 Å². The lowest BCUT2D eigenvalue weighted by Gasteiger charge is -2.37. The molecule has 0 unspecified atom stereocenters. The standard InChI is InChI=1S/C26H28N6O3S/c33-36(34,32-19-17-30(18-20-32)22-9-5-2-6-10-22)24-12-11-23(25-26(24)28-35-27-25)31-15-13-29(14-16-31)21-7-3-1-4-8-21/h1-12H,13-20H2. The van der Waals surface area contributed by atoms with Gasteiger partial charge in [-0.1, -0.05) is 36.4 Å². The van der Waals surface area contributed by atoms with E-state index in [1.54, 1.807) is 6.07 Å². The second kappa shape index (κ2) is 9.44. The summed E-state index contributed by atoms with van der Waals surface area (Å²) in [5, 5.41) is 8.13. The van der Waals surface area contributed by atoms with Crippen LogP contribution in [0.2, 0.25) is 0 Å². The Balaban J connectivity index is 1.20. The fourth-order valence-electron chi connectivity index (χ4n) is 5.10. The molecule has 0 aliphatic carbocycles. The summed E-state index contributed by atoms with van der Waals surface area (Å²) in [5.74, 6) is 0. The van der Waals surface area contributed by atoms with E-state index >= 15 is 0 Å². The summed E-state index contributed by atoms with van der Waals surface area (Å²) >= 11 is 0. The van der Waals surface area contributed by atoms with E-state index in [-0.39, 0.29) is 4.90 Å². The summed E-state index contributed by atoms with van der Waals surface area (Å²) in [6.07, 6.45) is 0. The molecule has 0 N–H and O–H groups in total. The Morgan fingerprint density at radius 2 is 1.08 bits per heavy atom. The number of anilines is 3. The molecule has 0 radical (unpaired) electrons. The lowest BCUT2D eigenvalue weighted by Crippen LogP contribution is -2.48. The van der Waals surface area contributed by atoms with Crippen LogP contribution in [-0.2, 0) is 10.0 Å². The molecule has 2 saturated heterocycles. The molecule has 0 bridgehead atoms. The number of aromatic nitrogens is 2. The topological polar surface area (TPSA) is 86.0 Å². The van der Waals surface area contributed by atoms with Gasteiger partial charge in [-0.2, -0.15) is 4.31 Å². The highest BCUT2D eigenvalue weighted by molar-refractivity contribution is 7.89. The molecular formula is C26H28N6O3S. The Morgan fingerprint density at radius 3 is 1.67 bits per heavy atom. The molecule has 36 heavy (non-hydrogen) atoms. The van der Waals surface area contributed by atoms with E-state index in [0.29, 0.717) is 37.2 Å². The minimum atomic E-state index is -3.74. The van der Waals surface area contributed by atoms with E-state index in [1.807, 2.05) is 54.6 Å². The summed E-state index contributed by atoms with van der Waals surface area (Å²) in [5.41, 5.74) is 3.95. The zero-order chi connectivity index (χ0) is 24.5. The van der Waals surface area contributed by atoms with E-state index in [0.717, 1.165) is 37.6 Å². The molecular weight excluding hydrogens is 476 g/mol. The van der Waals surface area contributed by atoms with Crippen molar-refractivity contribution in [1.29, 1.82) is 0 Å². The quantitative estimate of drug-likeness (QED) is 0.410. The van der Waals surface area contributed by atoms with Crippen LogP contribution < -0.4 is 14.7 Å². The van der Waals surface area contributed by atoms with Gasteiger partial charge in [-0.05, 0) is 46.7 Å². The first-order valence-electron chi connectivity index (χ1n) is 12.2. The van der Waals surface area contributed by atoms with Crippen LogP contribution in [0.4, 0.5) is 17.1 Å². The maximum absolute atomic E-state index is 13.6. The number of piperazine rings is 2. The lowest BCUT2D eigenvalue weighted by atomic mass is 10.2. The Bertz CT molecular complexity index is 1430. The van der Waals surface area contributed by atoms with Gasteiger partial charge in [0.25, 0.3) is 0 Å². The van der Waals surface area contributed by atoms with Crippen LogP contribution in [-0.4, -0.2) is 75.4 Å². The van der Waals surface area contributed by atoms with Crippen LogP contribution in [0.1, 0.15) is 0 Å². The Kier molecular flexibility index (Phi) is 5.98. The van der Waals surface area contributed by atoms with Gasteiger partial charge in [0.05, 0.1) is 5.69 Å². The number of para-hydroxylation sites is 2. The summed E-state index contributed by atoms with van der Waals surface area (Å²) in [6.45, 7) is 5.40. The largest absolute Gasteiger partial charge is 0.369 e. The third kappa shape index (κ3) is 4.16. The van der Waals surface area contributed by atoms with Crippen molar-refractivity contribution in [2.45, 2.75) is 4.90 Å². The maximum atomic E-state index is 13.6. The Morgan fingerprint density at radius 1 is 0.583 bits per heavy atom. The molecule has 6 rings (SSSR count). The molecule has 9 nitrogen and oxygen atoms in total. The Hall–Kier alpha value is -3.63. The van der Waals surface area contributed by atoms with Crippen molar-refractivity contribution in [1.82, 2.24) is 14.6 Å². The highest BCUT2D eigenvalue weighted by Crippen LogP contribution is 2.32. The predicted octanol–water partition coefficient (Wildman–Crippen LogP) is 3.06. The van der Waals surface area contributed by atoms with Crippen molar-refractivity contribution in [3.63, 3.8) is 0 Å². The average Bonchev–Trinajstić information content (AvgIpc) is 3.44. The molecule has 2 fully saturated rings. The maximum Gasteiger partial charge on any atom is 0.245 e. The molecule has 2 aliphatic heterocycles. The number of hydrogen-bond acceptors (Lipinski definition) is 8. The molecule has 4 aromatic rings. The molecule has 3 aromatic carbocycles. The second-order valence-electron chi connectivity index (χ2n) is 9.08. The highest BCUT2D eigenvalue weighted by Gasteiger charge is 2.32. The van der Waals surface area contributed by atoms with E-state index in [4.69, 9.17) is 4.63 Å². The zero-order valence-electron chi connectivity index (χ0n) is 19.9.